The van der Waals surface area contributed by atoms with Crippen molar-refractivity contribution >= 4 is 22.6 Å². The number of carbonyl (C=O) groups is 2. The average Bonchev–Trinajstić information content (AvgIpc) is 2.63. The molecular weight excluding hydrogens is 314 g/mol. The lowest BCUT2D eigenvalue weighted by Crippen LogP contribution is -2.48. The van der Waals surface area contributed by atoms with Crippen LogP contribution < -0.4 is 16.0 Å². The molecule has 2 atom stereocenters. The number of fused-ring (bicyclic) bond motifs is 1. The molecule has 5 heteroatoms. The topological polar surface area (TPSA) is 70.2 Å². The summed E-state index contributed by atoms with van der Waals surface area (Å²) in [5.74, 6) is 0.288. The van der Waals surface area contributed by atoms with E-state index in [0.29, 0.717) is 24.4 Å². The van der Waals surface area contributed by atoms with Gasteiger partial charge in [-0.3, -0.25) is 9.59 Å². The van der Waals surface area contributed by atoms with Crippen LogP contribution in [0.1, 0.15) is 30.1 Å². The molecule has 0 radical (unpaired) electrons. The first kappa shape index (κ1) is 17.4. The normalized spacial score (nSPS) is 20.2. The van der Waals surface area contributed by atoms with E-state index in [1.165, 1.54) is 0 Å². The molecule has 2 aromatic carbocycles. The molecule has 25 heavy (non-hydrogen) atoms. The standard InChI is InChI=1S/C20H25N3O2/c1-14-13-21-10-8-18(14)23-19(24)9-11-22-20(25)17-7-6-15-4-2-3-5-16(15)12-17/h2-7,12,14,18,21H,8-11,13H2,1H3,(H,22,25)(H,23,24). The second-order valence-electron chi connectivity index (χ2n) is 6.71. The van der Waals surface area contributed by atoms with Crippen LogP contribution in [0.4, 0.5) is 0 Å². The third-order valence-electron chi connectivity index (χ3n) is 4.78. The second-order valence-corrected chi connectivity index (χ2v) is 6.71. The molecule has 0 aliphatic carbocycles. The van der Waals surface area contributed by atoms with Gasteiger partial charge < -0.3 is 16.0 Å². The summed E-state index contributed by atoms with van der Waals surface area (Å²) in [6.45, 7) is 4.35. The summed E-state index contributed by atoms with van der Waals surface area (Å²) in [6, 6.07) is 13.8. The Morgan fingerprint density at radius 3 is 2.76 bits per heavy atom. The fourth-order valence-electron chi connectivity index (χ4n) is 3.23. The summed E-state index contributed by atoms with van der Waals surface area (Å²) in [5, 5.41) is 11.4. The molecule has 3 N–H and O–H groups in total. The van der Waals surface area contributed by atoms with E-state index in [-0.39, 0.29) is 17.9 Å². The number of rotatable bonds is 5. The Morgan fingerprint density at radius 2 is 1.96 bits per heavy atom. The molecule has 2 aromatic rings. The predicted octanol–water partition coefficient (Wildman–Crippen LogP) is 2.07. The zero-order valence-electron chi connectivity index (χ0n) is 14.5. The first-order valence-electron chi connectivity index (χ1n) is 8.90. The molecule has 1 aliphatic heterocycles. The number of hydrogen-bond acceptors (Lipinski definition) is 3. The highest BCUT2D eigenvalue weighted by atomic mass is 16.2. The Hall–Kier alpha value is -2.40. The summed E-state index contributed by atoms with van der Waals surface area (Å²) >= 11 is 0. The molecule has 3 rings (SSSR count). The lowest BCUT2D eigenvalue weighted by Gasteiger charge is -2.30. The van der Waals surface area contributed by atoms with Crippen molar-refractivity contribution in [1.82, 2.24) is 16.0 Å². The number of hydrogen-bond donors (Lipinski definition) is 3. The van der Waals surface area contributed by atoms with Crippen molar-refractivity contribution < 1.29 is 9.59 Å². The van der Waals surface area contributed by atoms with Crippen LogP contribution >= 0.6 is 0 Å². The van der Waals surface area contributed by atoms with Crippen LogP contribution in [0.2, 0.25) is 0 Å². The van der Waals surface area contributed by atoms with Gasteiger partial charge in [0.1, 0.15) is 0 Å². The van der Waals surface area contributed by atoms with Crippen molar-refractivity contribution in [2.75, 3.05) is 19.6 Å². The SMILES string of the molecule is CC1CNCCC1NC(=O)CCNC(=O)c1ccc2ccccc2c1. The zero-order valence-corrected chi connectivity index (χ0v) is 14.5. The predicted molar refractivity (Wildman–Crippen MR) is 99.5 cm³/mol. The molecule has 0 aromatic heterocycles. The molecule has 0 spiro atoms. The van der Waals surface area contributed by atoms with Gasteiger partial charge in [-0.15, -0.1) is 0 Å². The first-order valence-corrected chi connectivity index (χ1v) is 8.90. The summed E-state index contributed by atoms with van der Waals surface area (Å²) < 4.78 is 0. The molecule has 2 unspecified atom stereocenters. The van der Waals surface area contributed by atoms with Crippen molar-refractivity contribution in [3.05, 3.63) is 48.0 Å². The molecule has 1 saturated heterocycles. The van der Waals surface area contributed by atoms with Crippen LogP contribution in [0, 0.1) is 5.92 Å². The fraction of sp³-hybridized carbons (Fsp3) is 0.400. The van der Waals surface area contributed by atoms with Crippen molar-refractivity contribution in [2.45, 2.75) is 25.8 Å². The van der Waals surface area contributed by atoms with Crippen LogP contribution in [0.3, 0.4) is 0 Å². The maximum absolute atomic E-state index is 12.3. The third kappa shape index (κ3) is 4.57. The van der Waals surface area contributed by atoms with E-state index >= 15 is 0 Å². The smallest absolute Gasteiger partial charge is 0.251 e. The van der Waals surface area contributed by atoms with Crippen molar-refractivity contribution in [3.63, 3.8) is 0 Å². The van der Waals surface area contributed by atoms with Gasteiger partial charge in [0.25, 0.3) is 5.91 Å². The summed E-state index contributed by atoms with van der Waals surface area (Å²) in [6.07, 6.45) is 1.26. The maximum Gasteiger partial charge on any atom is 0.251 e. The highest BCUT2D eigenvalue weighted by Crippen LogP contribution is 2.15. The van der Waals surface area contributed by atoms with Gasteiger partial charge in [-0.25, -0.2) is 0 Å². The lowest BCUT2D eigenvalue weighted by atomic mass is 9.95. The van der Waals surface area contributed by atoms with Crippen molar-refractivity contribution in [1.29, 1.82) is 0 Å². The molecule has 0 bridgehead atoms. The van der Waals surface area contributed by atoms with E-state index in [1.54, 1.807) is 0 Å². The van der Waals surface area contributed by atoms with Crippen LogP contribution in [0.15, 0.2) is 42.5 Å². The minimum Gasteiger partial charge on any atom is -0.353 e. The van der Waals surface area contributed by atoms with Crippen LogP contribution in [-0.4, -0.2) is 37.5 Å². The quantitative estimate of drug-likeness (QED) is 0.781. The lowest BCUT2D eigenvalue weighted by molar-refractivity contribution is -0.122. The van der Waals surface area contributed by atoms with E-state index in [1.807, 2.05) is 42.5 Å². The Balaban J connectivity index is 1.47. The Labute approximate surface area is 148 Å². The van der Waals surface area contributed by atoms with E-state index in [9.17, 15) is 9.59 Å². The van der Waals surface area contributed by atoms with Crippen molar-refractivity contribution in [3.8, 4) is 0 Å². The van der Waals surface area contributed by atoms with Crippen LogP contribution in [0.25, 0.3) is 10.8 Å². The molecule has 1 fully saturated rings. The van der Waals surface area contributed by atoms with Crippen LogP contribution in [-0.2, 0) is 4.79 Å². The Bertz CT molecular complexity index is 759. The highest BCUT2D eigenvalue weighted by Gasteiger charge is 2.22. The molecule has 1 aliphatic rings. The minimum atomic E-state index is -0.145. The Kier molecular flexibility index (Phi) is 5.66. The number of amides is 2. The largest absolute Gasteiger partial charge is 0.353 e. The van der Waals surface area contributed by atoms with Gasteiger partial charge in [-0.2, -0.15) is 0 Å². The van der Waals surface area contributed by atoms with Gasteiger partial charge >= 0.3 is 0 Å². The van der Waals surface area contributed by atoms with Gasteiger partial charge in [0.2, 0.25) is 5.91 Å². The summed E-state index contributed by atoms with van der Waals surface area (Å²) in [5.41, 5.74) is 0.617. The molecule has 2 amide bonds. The second kappa shape index (κ2) is 8.12. The van der Waals surface area contributed by atoms with E-state index in [0.717, 1.165) is 30.3 Å². The van der Waals surface area contributed by atoms with E-state index < -0.39 is 0 Å². The highest BCUT2D eigenvalue weighted by molar-refractivity contribution is 5.98. The van der Waals surface area contributed by atoms with Gasteiger partial charge in [-0.05, 0) is 48.3 Å². The average molecular weight is 339 g/mol. The zero-order chi connectivity index (χ0) is 17.6. The molecular formula is C20H25N3O2. The summed E-state index contributed by atoms with van der Waals surface area (Å²) in [7, 11) is 0. The number of carbonyl (C=O) groups excluding carboxylic acids is 2. The molecule has 5 nitrogen and oxygen atoms in total. The van der Waals surface area contributed by atoms with Gasteiger partial charge in [0.05, 0.1) is 0 Å². The monoisotopic (exact) mass is 339 g/mol. The first-order chi connectivity index (χ1) is 12.1. The maximum atomic E-state index is 12.3. The fourth-order valence-corrected chi connectivity index (χ4v) is 3.23. The third-order valence-corrected chi connectivity index (χ3v) is 4.78. The van der Waals surface area contributed by atoms with E-state index in [4.69, 9.17) is 0 Å². The van der Waals surface area contributed by atoms with Gasteiger partial charge in [0, 0.05) is 24.6 Å². The molecule has 0 saturated carbocycles. The number of nitrogens with one attached hydrogen (secondary N) is 3. The van der Waals surface area contributed by atoms with Crippen molar-refractivity contribution in [2.24, 2.45) is 5.92 Å². The minimum absolute atomic E-state index is 0.00226. The van der Waals surface area contributed by atoms with Gasteiger partial charge in [0.15, 0.2) is 0 Å². The Morgan fingerprint density at radius 1 is 1.16 bits per heavy atom. The molecule has 1 heterocycles. The number of piperidine rings is 1. The molecule has 132 valence electrons. The summed E-state index contributed by atoms with van der Waals surface area (Å²) in [4.78, 5) is 24.3. The van der Waals surface area contributed by atoms with E-state index in [2.05, 4.69) is 22.9 Å². The van der Waals surface area contributed by atoms with Crippen LogP contribution in [0.5, 0.6) is 0 Å². The number of benzene rings is 2. The van der Waals surface area contributed by atoms with Gasteiger partial charge in [-0.1, -0.05) is 37.3 Å².